The van der Waals surface area contributed by atoms with Gasteiger partial charge >= 0.3 is 0 Å². The van der Waals surface area contributed by atoms with Crippen LogP contribution in [0, 0.1) is 5.92 Å². The Balaban J connectivity index is 2.04. The highest BCUT2D eigenvalue weighted by molar-refractivity contribution is 8.00. The SMILES string of the molecule is CSc1sc(-c2cc[nH]n2)c2c1C(=O)NC(CC(C)C)C2. The Labute approximate surface area is 132 Å². The number of hydrogen-bond donors (Lipinski definition) is 2. The molecule has 0 fully saturated rings. The van der Waals surface area contributed by atoms with E-state index in [4.69, 9.17) is 0 Å². The lowest BCUT2D eigenvalue weighted by Gasteiger charge is -2.26. The summed E-state index contributed by atoms with van der Waals surface area (Å²) in [6.07, 6.45) is 5.76. The van der Waals surface area contributed by atoms with Crippen molar-refractivity contribution in [2.45, 2.75) is 36.9 Å². The highest BCUT2D eigenvalue weighted by Crippen LogP contribution is 2.42. The third-order valence-electron chi connectivity index (χ3n) is 3.66. The molecule has 0 radical (unpaired) electrons. The van der Waals surface area contributed by atoms with Crippen molar-refractivity contribution in [3.05, 3.63) is 23.4 Å². The van der Waals surface area contributed by atoms with Crippen molar-refractivity contribution >= 4 is 29.0 Å². The zero-order valence-corrected chi connectivity index (χ0v) is 14.0. The molecule has 0 aromatic carbocycles. The Morgan fingerprint density at radius 1 is 1.52 bits per heavy atom. The number of nitrogens with one attached hydrogen (secondary N) is 2. The lowest BCUT2D eigenvalue weighted by molar-refractivity contribution is 0.0918. The predicted octanol–water partition coefficient (Wildman–Crippen LogP) is 3.56. The molecule has 2 aromatic rings. The number of H-pyrrole nitrogens is 1. The molecule has 3 heterocycles. The monoisotopic (exact) mass is 321 g/mol. The Morgan fingerprint density at radius 2 is 2.33 bits per heavy atom. The van der Waals surface area contributed by atoms with Crippen molar-refractivity contribution in [3.8, 4) is 10.6 Å². The maximum Gasteiger partial charge on any atom is 0.253 e. The molecule has 0 saturated heterocycles. The van der Waals surface area contributed by atoms with Gasteiger partial charge in [0.2, 0.25) is 0 Å². The Hall–Kier alpha value is -1.27. The minimum Gasteiger partial charge on any atom is -0.349 e. The van der Waals surface area contributed by atoms with Crippen molar-refractivity contribution in [2.24, 2.45) is 5.92 Å². The molecule has 1 atom stereocenters. The largest absolute Gasteiger partial charge is 0.349 e. The number of thioether (sulfide) groups is 1. The maximum absolute atomic E-state index is 12.5. The number of hydrogen-bond acceptors (Lipinski definition) is 4. The van der Waals surface area contributed by atoms with Crippen molar-refractivity contribution in [3.63, 3.8) is 0 Å². The number of nitrogens with zero attached hydrogens (tertiary/aromatic N) is 1. The van der Waals surface area contributed by atoms with E-state index in [0.717, 1.165) is 33.2 Å². The molecular weight excluding hydrogens is 302 g/mol. The Kier molecular flexibility index (Phi) is 4.08. The van der Waals surface area contributed by atoms with Crippen LogP contribution in [0.1, 0.15) is 36.2 Å². The zero-order chi connectivity index (χ0) is 15.0. The van der Waals surface area contributed by atoms with E-state index in [2.05, 4.69) is 29.4 Å². The highest BCUT2D eigenvalue weighted by atomic mass is 32.2. The first kappa shape index (κ1) is 14.7. The molecule has 4 nitrogen and oxygen atoms in total. The van der Waals surface area contributed by atoms with Crippen LogP contribution < -0.4 is 5.32 Å². The summed E-state index contributed by atoms with van der Waals surface area (Å²) in [6, 6.07) is 2.20. The van der Waals surface area contributed by atoms with E-state index in [1.807, 2.05) is 18.5 Å². The number of aromatic nitrogens is 2. The second kappa shape index (κ2) is 5.85. The van der Waals surface area contributed by atoms with Gasteiger partial charge in [-0.1, -0.05) is 13.8 Å². The first-order chi connectivity index (χ1) is 10.1. The van der Waals surface area contributed by atoms with Crippen molar-refractivity contribution in [1.82, 2.24) is 15.5 Å². The van der Waals surface area contributed by atoms with Gasteiger partial charge in [0.15, 0.2) is 0 Å². The van der Waals surface area contributed by atoms with Crippen molar-refractivity contribution in [1.29, 1.82) is 0 Å². The van der Waals surface area contributed by atoms with Crippen LogP contribution in [0.2, 0.25) is 0 Å². The van der Waals surface area contributed by atoms with Crippen LogP contribution in [0.5, 0.6) is 0 Å². The highest BCUT2D eigenvalue weighted by Gasteiger charge is 2.32. The number of carbonyl (C=O) groups is 1. The van der Waals surface area contributed by atoms with E-state index >= 15 is 0 Å². The van der Waals surface area contributed by atoms with Crippen LogP contribution in [0.4, 0.5) is 0 Å². The van der Waals surface area contributed by atoms with Gasteiger partial charge in [-0.3, -0.25) is 9.89 Å². The summed E-state index contributed by atoms with van der Waals surface area (Å²) in [7, 11) is 0. The summed E-state index contributed by atoms with van der Waals surface area (Å²) >= 11 is 3.32. The van der Waals surface area contributed by atoms with Gasteiger partial charge in [-0.05, 0) is 36.6 Å². The molecule has 21 heavy (non-hydrogen) atoms. The fraction of sp³-hybridized carbons (Fsp3) is 0.467. The lowest BCUT2D eigenvalue weighted by Crippen LogP contribution is -2.41. The topological polar surface area (TPSA) is 57.8 Å². The van der Waals surface area contributed by atoms with Crippen LogP contribution >= 0.6 is 23.1 Å². The van der Waals surface area contributed by atoms with Gasteiger partial charge in [0.05, 0.1) is 14.6 Å². The Bertz CT molecular complexity index is 646. The van der Waals surface area contributed by atoms with Gasteiger partial charge in [0, 0.05) is 12.2 Å². The molecule has 112 valence electrons. The molecule has 1 aliphatic heterocycles. The third kappa shape index (κ3) is 2.74. The molecule has 2 aromatic heterocycles. The third-order valence-corrected chi connectivity index (χ3v) is 6.04. The standard InChI is InChI=1S/C15H19N3OS2/c1-8(2)6-9-7-10-12(14(19)17-9)15(20-3)21-13(10)11-4-5-16-18-11/h4-5,8-9H,6-7H2,1-3H3,(H,16,18)(H,17,19). The molecule has 2 N–H and O–H groups in total. The minimum absolute atomic E-state index is 0.0734. The first-order valence-corrected chi connectivity index (χ1v) is 9.15. The van der Waals surface area contributed by atoms with Gasteiger partial charge in [-0.25, -0.2) is 0 Å². The summed E-state index contributed by atoms with van der Waals surface area (Å²) in [4.78, 5) is 13.6. The molecule has 1 aliphatic rings. The predicted molar refractivity (Wildman–Crippen MR) is 88.1 cm³/mol. The van der Waals surface area contributed by atoms with Gasteiger partial charge < -0.3 is 5.32 Å². The van der Waals surface area contributed by atoms with E-state index < -0.39 is 0 Å². The van der Waals surface area contributed by atoms with Crippen LogP contribution in [0.25, 0.3) is 10.6 Å². The van der Waals surface area contributed by atoms with Gasteiger partial charge in [-0.15, -0.1) is 23.1 Å². The van der Waals surface area contributed by atoms with E-state index in [0.29, 0.717) is 5.92 Å². The molecule has 3 rings (SSSR count). The van der Waals surface area contributed by atoms with Gasteiger partial charge in [-0.2, -0.15) is 5.10 Å². The number of thiophene rings is 1. The zero-order valence-electron chi connectivity index (χ0n) is 12.4. The first-order valence-electron chi connectivity index (χ1n) is 7.10. The van der Waals surface area contributed by atoms with Crippen LogP contribution in [-0.4, -0.2) is 28.4 Å². The normalized spacial score (nSPS) is 17.9. The minimum atomic E-state index is 0.0734. The number of carbonyl (C=O) groups excluding carboxylic acids is 1. The van der Waals surface area contributed by atoms with Crippen molar-refractivity contribution in [2.75, 3.05) is 6.26 Å². The summed E-state index contributed by atoms with van der Waals surface area (Å²) in [5.41, 5.74) is 2.98. The molecule has 6 heteroatoms. The molecule has 0 bridgehead atoms. The van der Waals surface area contributed by atoms with E-state index in [9.17, 15) is 4.79 Å². The molecule has 0 saturated carbocycles. The lowest BCUT2D eigenvalue weighted by atomic mass is 9.91. The van der Waals surface area contributed by atoms with E-state index in [1.165, 1.54) is 5.56 Å². The molecular formula is C15H19N3OS2. The molecule has 1 amide bonds. The average molecular weight is 321 g/mol. The second-order valence-corrected chi connectivity index (χ2v) is 7.84. The number of amides is 1. The number of rotatable bonds is 4. The van der Waals surface area contributed by atoms with Crippen molar-refractivity contribution < 1.29 is 4.79 Å². The second-order valence-electron chi connectivity index (χ2n) is 5.74. The number of fused-ring (bicyclic) bond motifs is 1. The molecule has 0 aliphatic carbocycles. The quantitative estimate of drug-likeness (QED) is 0.847. The summed E-state index contributed by atoms with van der Waals surface area (Å²) in [5.74, 6) is 0.647. The fourth-order valence-electron chi connectivity index (χ4n) is 2.87. The fourth-order valence-corrected chi connectivity index (χ4v) is 4.90. The van der Waals surface area contributed by atoms with Crippen LogP contribution in [0.3, 0.4) is 0 Å². The van der Waals surface area contributed by atoms with E-state index in [1.54, 1.807) is 23.1 Å². The summed E-state index contributed by atoms with van der Waals surface area (Å²) < 4.78 is 1.09. The van der Waals surface area contributed by atoms with E-state index in [-0.39, 0.29) is 11.9 Å². The summed E-state index contributed by atoms with van der Waals surface area (Å²) in [5, 5.41) is 10.3. The van der Waals surface area contributed by atoms with Crippen LogP contribution in [0.15, 0.2) is 16.5 Å². The van der Waals surface area contributed by atoms with Gasteiger partial charge in [0.25, 0.3) is 5.91 Å². The molecule has 1 unspecified atom stereocenters. The number of aromatic amines is 1. The molecule has 0 spiro atoms. The smallest absolute Gasteiger partial charge is 0.253 e. The summed E-state index contributed by atoms with van der Waals surface area (Å²) in [6.45, 7) is 4.38. The average Bonchev–Trinajstić information content (AvgIpc) is 3.03. The van der Waals surface area contributed by atoms with Crippen LogP contribution in [-0.2, 0) is 6.42 Å². The maximum atomic E-state index is 12.5. The Morgan fingerprint density at radius 3 is 2.95 bits per heavy atom. The van der Waals surface area contributed by atoms with Gasteiger partial charge in [0.1, 0.15) is 5.69 Å².